The van der Waals surface area contributed by atoms with Crippen LogP contribution in [0.4, 0.5) is 8.78 Å². The summed E-state index contributed by atoms with van der Waals surface area (Å²) in [6.07, 6.45) is 0. The summed E-state index contributed by atoms with van der Waals surface area (Å²) in [5.41, 5.74) is 1.27. The Balaban J connectivity index is 1.51. The van der Waals surface area contributed by atoms with Crippen molar-refractivity contribution < 1.29 is 23.0 Å². The van der Waals surface area contributed by atoms with E-state index in [1.165, 1.54) is 18.2 Å². The molecule has 170 valence electrons. The first-order valence-electron chi connectivity index (χ1n) is 10.6. The van der Waals surface area contributed by atoms with E-state index in [4.69, 9.17) is 9.47 Å². The second-order valence-electron chi connectivity index (χ2n) is 8.47. The average molecular weight is 468 g/mol. The van der Waals surface area contributed by atoms with Crippen molar-refractivity contribution in [2.75, 3.05) is 6.61 Å². The van der Waals surface area contributed by atoms with Crippen LogP contribution in [0.15, 0.2) is 66.0 Å². The van der Waals surface area contributed by atoms with E-state index in [9.17, 15) is 13.6 Å². The minimum atomic E-state index is -0.996. The van der Waals surface area contributed by atoms with Crippen LogP contribution in [0.1, 0.15) is 30.5 Å². The van der Waals surface area contributed by atoms with Crippen LogP contribution in [-0.2, 0) is 15.1 Å². The lowest BCUT2D eigenvalue weighted by molar-refractivity contribution is -0.159. The van der Waals surface area contributed by atoms with Crippen molar-refractivity contribution in [2.24, 2.45) is 0 Å². The molecular weight excluding hydrogens is 442 g/mol. The fourth-order valence-electron chi connectivity index (χ4n) is 3.93. The molecule has 0 saturated carbocycles. The van der Waals surface area contributed by atoms with E-state index < -0.39 is 22.0 Å². The number of carbonyl (C=O) groups is 1. The topological polar surface area (TPSA) is 35.5 Å². The molecule has 3 nitrogen and oxygen atoms in total. The first-order valence-corrected chi connectivity index (χ1v) is 11.9. The predicted octanol–water partition coefficient (Wildman–Crippen LogP) is 7.33. The Morgan fingerprint density at radius 1 is 0.970 bits per heavy atom. The molecule has 0 saturated heterocycles. The number of rotatable bonds is 6. The van der Waals surface area contributed by atoms with Crippen LogP contribution in [0.2, 0.25) is 0 Å². The van der Waals surface area contributed by atoms with Crippen LogP contribution < -0.4 is 4.74 Å². The molecule has 0 fully saturated rings. The number of aryl methyl sites for hydroxylation is 2. The molecule has 0 aliphatic rings. The van der Waals surface area contributed by atoms with Crippen molar-refractivity contribution in [3.8, 4) is 10.6 Å². The lowest BCUT2D eigenvalue weighted by Gasteiger charge is -2.26. The minimum Gasteiger partial charge on any atom is -0.481 e. The predicted molar refractivity (Wildman–Crippen MR) is 128 cm³/mol. The maximum Gasteiger partial charge on any atom is 0.345 e. The summed E-state index contributed by atoms with van der Waals surface area (Å²) in [5.74, 6) is -0.553. The van der Waals surface area contributed by atoms with Gasteiger partial charge in [-0.15, -0.1) is 0 Å². The second kappa shape index (κ2) is 8.94. The molecule has 1 aromatic heterocycles. The van der Waals surface area contributed by atoms with Crippen LogP contribution in [0.3, 0.4) is 0 Å². The number of hydrogen-bond donors (Lipinski definition) is 0. The minimum absolute atomic E-state index is 0.208. The Kier molecular flexibility index (Phi) is 6.21. The molecule has 0 spiro atoms. The lowest BCUT2D eigenvalue weighted by Crippen LogP contribution is -2.28. The number of halogens is 2. The van der Waals surface area contributed by atoms with Gasteiger partial charge in [-0.05, 0) is 68.7 Å². The Morgan fingerprint density at radius 2 is 1.67 bits per heavy atom. The van der Waals surface area contributed by atoms with Gasteiger partial charge in [-0.25, -0.2) is 13.6 Å². The number of hydrogen-bond acceptors (Lipinski definition) is 3. The maximum absolute atomic E-state index is 14.5. The van der Waals surface area contributed by atoms with Gasteiger partial charge in [0.1, 0.15) is 22.5 Å². The van der Waals surface area contributed by atoms with Gasteiger partial charge in [0.2, 0.25) is 4.70 Å². The molecule has 0 bridgehead atoms. The number of thiophene rings is 1. The van der Waals surface area contributed by atoms with Gasteiger partial charge >= 0.3 is 5.97 Å². The van der Waals surface area contributed by atoms with Crippen molar-refractivity contribution in [3.05, 3.63) is 94.4 Å². The summed E-state index contributed by atoms with van der Waals surface area (Å²) in [6, 6.07) is 17.0. The Morgan fingerprint density at radius 3 is 2.36 bits per heavy atom. The maximum atomic E-state index is 14.5. The van der Waals surface area contributed by atoms with Gasteiger partial charge < -0.3 is 9.47 Å². The fraction of sp³-hybridized carbons (Fsp3) is 0.222. The van der Waals surface area contributed by atoms with Crippen molar-refractivity contribution >= 4 is 26.5 Å². The van der Waals surface area contributed by atoms with E-state index in [0.717, 1.165) is 21.4 Å². The fourth-order valence-corrected chi connectivity index (χ4v) is 6.01. The molecule has 1 unspecified atom stereocenters. The summed E-state index contributed by atoms with van der Waals surface area (Å²) in [7, 11) is -0.489. The Labute approximate surface area is 194 Å². The molecule has 0 radical (unpaired) electrons. The van der Waals surface area contributed by atoms with Gasteiger partial charge in [0.25, 0.3) is 0 Å². The number of esters is 1. The van der Waals surface area contributed by atoms with Crippen molar-refractivity contribution in [1.29, 1.82) is 0 Å². The monoisotopic (exact) mass is 467 g/mol. The highest BCUT2D eigenvalue weighted by molar-refractivity contribution is 7.43. The number of carbonyl (C=O) groups excluding carboxylic acids is 1. The van der Waals surface area contributed by atoms with Gasteiger partial charge in [0.05, 0.1) is 0 Å². The molecule has 1 atom stereocenters. The second-order valence-corrected chi connectivity index (χ2v) is 10.3. The zero-order valence-corrected chi connectivity index (χ0v) is 19.8. The third-order valence-electron chi connectivity index (χ3n) is 5.51. The third kappa shape index (κ3) is 4.76. The van der Waals surface area contributed by atoms with Crippen molar-refractivity contribution in [2.45, 2.75) is 33.3 Å². The van der Waals surface area contributed by atoms with E-state index in [-0.39, 0.29) is 18.2 Å². The quantitative estimate of drug-likeness (QED) is 0.220. The zero-order chi connectivity index (χ0) is 23.8. The van der Waals surface area contributed by atoms with Gasteiger partial charge in [0.15, 0.2) is 17.3 Å². The third-order valence-corrected chi connectivity index (χ3v) is 7.53. The van der Waals surface area contributed by atoms with Gasteiger partial charge in [-0.3, -0.25) is 0 Å². The molecule has 4 rings (SSSR count). The smallest absolute Gasteiger partial charge is 0.345 e. The molecule has 3 aromatic carbocycles. The summed E-state index contributed by atoms with van der Waals surface area (Å²) in [5, 5.41) is 2.92. The van der Waals surface area contributed by atoms with Crippen LogP contribution in [0.25, 0.3) is 15.0 Å². The van der Waals surface area contributed by atoms with Gasteiger partial charge in [-0.2, -0.15) is 0 Å². The molecule has 0 amide bonds. The molecule has 0 aliphatic carbocycles. The largest absolute Gasteiger partial charge is 0.481 e. The van der Waals surface area contributed by atoms with Crippen LogP contribution in [-0.4, -0.2) is 12.6 Å². The molecular formula is C27H25F2O3S+. The van der Waals surface area contributed by atoms with E-state index in [2.05, 4.69) is 0 Å². The van der Waals surface area contributed by atoms with E-state index >= 15 is 0 Å². The van der Waals surface area contributed by atoms with Crippen LogP contribution in [0, 0.1) is 25.5 Å². The highest BCUT2D eigenvalue weighted by atomic mass is 32.2. The average Bonchev–Trinajstić information content (AvgIpc) is 3.18. The Hall–Kier alpha value is -3.25. The zero-order valence-electron chi connectivity index (χ0n) is 18.9. The van der Waals surface area contributed by atoms with E-state index in [1.807, 2.05) is 43.5 Å². The summed E-state index contributed by atoms with van der Waals surface area (Å²) in [4.78, 5) is 13.5. The van der Waals surface area contributed by atoms with Gasteiger partial charge in [0, 0.05) is 34.1 Å². The molecule has 4 aromatic rings. The molecule has 0 N–H and O–H groups in total. The summed E-state index contributed by atoms with van der Waals surface area (Å²) in [6.45, 7) is 6.94. The van der Waals surface area contributed by atoms with Crippen LogP contribution >= 0.6 is 10.5 Å². The SMILES string of the molecule is Cc1cc(-[s+]2ccc3cccc(F)c32)cc(C)c1OCC(=O)OC(C)(C)c1cccc(F)c1. The number of ether oxygens (including phenoxy) is 2. The molecule has 33 heavy (non-hydrogen) atoms. The molecule has 6 heteroatoms. The first-order chi connectivity index (χ1) is 15.7. The van der Waals surface area contributed by atoms with Crippen molar-refractivity contribution in [1.82, 2.24) is 0 Å². The van der Waals surface area contributed by atoms with E-state index in [0.29, 0.717) is 16.0 Å². The number of benzene rings is 3. The highest BCUT2D eigenvalue weighted by Gasteiger charge is 2.27. The molecule has 0 aliphatic heterocycles. The number of fused-ring (bicyclic) bond motifs is 1. The molecule has 1 heterocycles. The highest BCUT2D eigenvalue weighted by Crippen LogP contribution is 2.43. The van der Waals surface area contributed by atoms with Crippen molar-refractivity contribution in [3.63, 3.8) is 0 Å². The van der Waals surface area contributed by atoms with E-state index in [1.54, 1.807) is 32.0 Å². The summed E-state index contributed by atoms with van der Waals surface area (Å²) >= 11 is 0. The van der Waals surface area contributed by atoms with Crippen LogP contribution in [0.5, 0.6) is 5.75 Å². The van der Waals surface area contributed by atoms with Gasteiger partial charge in [-0.1, -0.05) is 18.2 Å². The lowest BCUT2D eigenvalue weighted by atomic mass is 9.98. The Bertz CT molecular complexity index is 1320. The summed E-state index contributed by atoms with van der Waals surface area (Å²) < 4.78 is 40.1. The normalized spacial score (nSPS) is 12.1. The first kappa shape index (κ1) is 22.9. The standard InChI is InChI=1S/C27H25F2O3S/c1-17-13-22(33-12-11-19-7-5-10-23(29)26(19)33)14-18(2)25(17)31-16-24(30)32-27(3,4)20-8-6-9-21(28)15-20/h5-15H,16H2,1-4H3/q+1.